The van der Waals surface area contributed by atoms with E-state index in [9.17, 15) is 13.2 Å². The predicted octanol–water partition coefficient (Wildman–Crippen LogP) is 0.430. The van der Waals surface area contributed by atoms with Crippen molar-refractivity contribution in [3.8, 4) is 0 Å². The van der Waals surface area contributed by atoms with Crippen LogP contribution in [0.4, 0.5) is 0 Å². The fraction of sp³-hybridized carbons (Fsp3) is 0.636. The molecule has 8 heteroatoms. The molecule has 0 saturated heterocycles. The Morgan fingerprint density at radius 2 is 2.21 bits per heavy atom. The number of esters is 1. The molecule has 0 radical (unpaired) electrons. The quantitative estimate of drug-likeness (QED) is 0.767. The van der Waals surface area contributed by atoms with Crippen LogP contribution in [0, 0.1) is 0 Å². The second-order valence-electron chi connectivity index (χ2n) is 4.53. The average molecular weight is 289 g/mol. The molecule has 0 amide bonds. The van der Waals surface area contributed by atoms with E-state index in [1.165, 1.54) is 31.1 Å². The lowest BCUT2D eigenvalue weighted by atomic mass is 9.98. The fourth-order valence-electron chi connectivity index (χ4n) is 1.81. The van der Waals surface area contributed by atoms with Crippen molar-refractivity contribution in [2.45, 2.75) is 37.1 Å². The molecule has 108 valence electrons. The van der Waals surface area contributed by atoms with E-state index < -0.39 is 21.5 Å². The number of carbonyl (C=O) groups excluding carboxylic acids is 1. The number of aromatic nitrogens is 2. The van der Waals surface area contributed by atoms with Gasteiger partial charge in [0.25, 0.3) is 0 Å². The smallest absolute Gasteiger partial charge is 0.326 e. The van der Waals surface area contributed by atoms with Crippen LogP contribution < -0.4 is 4.72 Å². The summed E-state index contributed by atoms with van der Waals surface area (Å²) in [4.78, 5) is 11.8. The molecule has 0 spiro atoms. The van der Waals surface area contributed by atoms with Gasteiger partial charge in [0, 0.05) is 13.2 Å². The van der Waals surface area contributed by atoms with E-state index in [-0.39, 0.29) is 4.90 Å². The largest absolute Gasteiger partial charge is 0.468 e. The van der Waals surface area contributed by atoms with Gasteiger partial charge >= 0.3 is 5.97 Å². The highest BCUT2D eigenvalue weighted by Gasteiger charge is 2.38. The zero-order valence-corrected chi connectivity index (χ0v) is 12.3. The van der Waals surface area contributed by atoms with Gasteiger partial charge in [0.1, 0.15) is 10.4 Å². The molecule has 1 N–H and O–H groups in total. The number of carbonyl (C=O) groups is 1. The Labute approximate surface area is 113 Å². The topological polar surface area (TPSA) is 90.3 Å². The minimum Gasteiger partial charge on any atom is -0.468 e. The molecule has 0 aliphatic heterocycles. The zero-order chi connectivity index (χ0) is 14.7. The number of nitrogens with zero attached hydrogens (tertiary/aromatic N) is 2. The Balaban J connectivity index is 3.06. The number of hydrogen-bond acceptors (Lipinski definition) is 5. The Morgan fingerprint density at radius 1 is 1.58 bits per heavy atom. The summed E-state index contributed by atoms with van der Waals surface area (Å²) >= 11 is 0. The number of methoxy groups -OCH3 is 1. The van der Waals surface area contributed by atoms with Gasteiger partial charge in [-0.25, -0.2) is 8.42 Å². The third kappa shape index (κ3) is 3.54. The SMILES string of the molecule is CCC[C@@](C)(NS(=O)(=O)c1cnn(C)c1)C(=O)OC. The molecule has 0 aromatic carbocycles. The fourth-order valence-corrected chi connectivity index (χ4v) is 3.19. The number of ether oxygens (including phenoxy) is 1. The van der Waals surface area contributed by atoms with Crippen LogP contribution in [-0.4, -0.2) is 36.8 Å². The van der Waals surface area contributed by atoms with Gasteiger partial charge in [-0.2, -0.15) is 9.82 Å². The van der Waals surface area contributed by atoms with Crippen LogP contribution in [0.3, 0.4) is 0 Å². The zero-order valence-electron chi connectivity index (χ0n) is 11.5. The van der Waals surface area contributed by atoms with E-state index >= 15 is 0 Å². The second kappa shape index (κ2) is 5.70. The molecule has 0 fully saturated rings. The summed E-state index contributed by atoms with van der Waals surface area (Å²) in [5.74, 6) is -0.609. The van der Waals surface area contributed by atoms with E-state index in [1.807, 2.05) is 6.92 Å². The monoisotopic (exact) mass is 289 g/mol. The van der Waals surface area contributed by atoms with Gasteiger partial charge in [0.05, 0.1) is 13.3 Å². The molecule has 1 heterocycles. The van der Waals surface area contributed by atoms with Gasteiger partial charge in [0.2, 0.25) is 10.0 Å². The Hall–Kier alpha value is -1.41. The Kier molecular flexibility index (Phi) is 4.70. The Bertz CT molecular complexity index is 552. The van der Waals surface area contributed by atoms with Gasteiger partial charge in [-0.1, -0.05) is 13.3 Å². The summed E-state index contributed by atoms with van der Waals surface area (Å²) in [7, 11) is -0.962. The summed E-state index contributed by atoms with van der Waals surface area (Å²) in [6.45, 7) is 3.37. The molecule has 0 aliphatic carbocycles. The molecule has 0 unspecified atom stereocenters. The average Bonchev–Trinajstić information content (AvgIpc) is 2.75. The van der Waals surface area contributed by atoms with E-state index in [1.54, 1.807) is 7.05 Å². The normalized spacial score (nSPS) is 14.9. The lowest BCUT2D eigenvalue weighted by Gasteiger charge is -2.26. The molecule has 1 atom stereocenters. The van der Waals surface area contributed by atoms with Crippen LogP contribution >= 0.6 is 0 Å². The van der Waals surface area contributed by atoms with Crippen molar-refractivity contribution < 1.29 is 17.9 Å². The maximum absolute atomic E-state index is 12.2. The number of rotatable bonds is 6. The first-order chi connectivity index (χ1) is 8.75. The third-order valence-corrected chi connectivity index (χ3v) is 4.29. The van der Waals surface area contributed by atoms with E-state index in [0.717, 1.165) is 0 Å². The van der Waals surface area contributed by atoms with Crippen molar-refractivity contribution in [2.75, 3.05) is 7.11 Å². The highest BCUT2D eigenvalue weighted by molar-refractivity contribution is 7.89. The maximum Gasteiger partial charge on any atom is 0.326 e. The first-order valence-electron chi connectivity index (χ1n) is 5.86. The van der Waals surface area contributed by atoms with Crippen LogP contribution in [-0.2, 0) is 26.6 Å². The summed E-state index contributed by atoms with van der Waals surface area (Å²) in [6, 6.07) is 0. The summed E-state index contributed by atoms with van der Waals surface area (Å²) in [5.41, 5.74) is -1.28. The Morgan fingerprint density at radius 3 is 2.63 bits per heavy atom. The van der Waals surface area contributed by atoms with E-state index in [0.29, 0.717) is 12.8 Å². The number of nitrogens with one attached hydrogen (secondary N) is 1. The van der Waals surface area contributed by atoms with Gasteiger partial charge in [0.15, 0.2) is 0 Å². The molecule has 1 aromatic rings. The molecule has 7 nitrogen and oxygen atoms in total. The maximum atomic E-state index is 12.2. The summed E-state index contributed by atoms with van der Waals surface area (Å²) in [6.07, 6.45) is 3.58. The van der Waals surface area contributed by atoms with Gasteiger partial charge in [-0.15, -0.1) is 0 Å². The van der Waals surface area contributed by atoms with E-state index in [2.05, 4.69) is 14.6 Å². The van der Waals surface area contributed by atoms with Gasteiger partial charge in [-0.3, -0.25) is 9.48 Å². The molecule has 0 bridgehead atoms. The molecule has 19 heavy (non-hydrogen) atoms. The van der Waals surface area contributed by atoms with Crippen molar-refractivity contribution in [2.24, 2.45) is 7.05 Å². The number of aryl methyl sites for hydroxylation is 1. The van der Waals surface area contributed by atoms with E-state index in [4.69, 9.17) is 0 Å². The molecular weight excluding hydrogens is 270 g/mol. The molecule has 1 rings (SSSR count). The second-order valence-corrected chi connectivity index (χ2v) is 6.21. The van der Waals surface area contributed by atoms with Crippen molar-refractivity contribution >= 4 is 16.0 Å². The van der Waals surface area contributed by atoms with Crippen LogP contribution in [0.1, 0.15) is 26.7 Å². The van der Waals surface area contributed by atoms with Crippen LogP contribution in [0.15, 0.2) is 17.3 Å². The van der Waals surface area contributed by atoms with Crippen molar-refractivity contribution in [1.29, 1.82) is 0 Å². The van der Waals surface area contributed by atoms with Crippen LogP contribution in [0.25, 0.3) is 0 Å². The van der Waals surface area contributed by atoms with Gasteiger partial charge < -0.3 is 4.74 Å². The highest BCUT2D eigenvalue weighted by Crippen LogP contribution is 2.18. The third-order valence-electron chi connectivity index (χ3n) is 2.74. The highest BCUT2D eigenvalue weighted by atomic mass is 32.2. The molecular formula is C11H19N3O4S. The lowest BCUT2D eigenvalue weighted by molar-refractivity contribution is -0.147. The summed E-state index contributed by atoms with van der Waals surface area (Å²) < 4.78 is 32.8. The molecule has 0 aliphatic rings. The lowest BCUT2D eigenvalue weighted by Crippen LogP contribution is -2.52. The molecule has 0 saturated carbocycles. The minimum absolute atomic E-state index is 0.0150. The van der Waals surface area contributed by atoms with Crippen LogP contribution in [0.5, 0.6) is 0 Å². The van der Waals surface area contributed by atoms with Crippen molar-refractivity contribution in [3.63, 3.8) is 0 Å². The van der Waals surface area contributed by atoms with Crippen molar-refractivity contribution in [1.82, 2.24) is 14.5 Å². The minimum atomic E-state index is -3.81. The predicted molar refractivity (Wildman–Crippen MR) is 68.9 cm³/mol. The standard InChI is InChI=1S/C11H19N3O4S/c1-5-6-11(2,10(15)18-4)13-19(16,17)9-7-12-14(3)8-9/h7-8,13H,5-6H2,1-4H3/t11-/m1/s1. The number of sulfonamides is 1. The van der Waals surface area contributed by atoms with Crippen molar-refractivity contribution in [3.05, 3.63) is 12.4 Å². The molecule has 1 aromatic heterocycles. The van der Waals surface area contributed by atoms with Crippen LogP contribution in [0.2, 0.25) is 0 Å². The first kappa shape index (κ1) is 15.6. The first-order valence-corrected chi connectivity index (χ1v) is 7.34. The number of hydrogen-bond donors (Lipinski definition) is 1. The van der Waals surface area contributed by atoms with Gasteiger partial charge in [-0.05, 0) is 13.3 Å². The summed E-state index contributed by atoms with van der Waals surface area (Å²) in [5, 5.41) is 3.81.